The number of aliphatic hydroxyl groups is 1. The first-order chi connectivity index (χ1) is 7.78. The van der Waals surface area contributed by atoms with Crippen LogP contribution in [-0.4, -0.2) is 50.0 Å². The van der Waals surface area contributed by atoms with E-state index in [1.807, 2.05) is 40.2 Å². The molecule has 0 bridgehead atoms. The largest absolute Gasteiger partial charge is 0.490 e. The second-order valence-corrected chi connectivity index (χ2v) is 5.78. The van der Waals surface area contributed by atoms with E-state index in [0.717, 1.165) is 11.3 Å². The molecule has 0 saturated carbocycles. The fraction of sp³-hybridized carbons (Fsp3) is 0.538. The van der Waals surface area contributed by atoms with Gasteiger partial charge < -0.3 is 14.3 Å². The van der Waals surface area contributed by atoms with Gasteiger partial charge in [-0.3, -0.25) is 0 Å². The summed E-state index contributed by atoms with van der Waals surface area (Å²) in [7, 11) is 6.12. The highest BCUT2D eigenvalue weighted by atomic mass is 35.5. The van der Waals surface area contributed by atoms with Gasteiger partial charge in [0.05, 0.1) is 21.1 Å². The van der Waals surface area contributed by atoms with Gasteiger partial charge in [0.1, 0.15) is 25.0 Å². The molecule has 3 nitrogen and oxygen atoms in total. The Morgan fingerprint density at radius 3 is 2.53 bits per heavy atom. The highest BCUT2D eigenvalue weighted by Gasteiger charge is 2.16. The van der Waals surface area contributed by atoms with Crippen molar-refractivity contribution in [2.24, 2.45) is 0 Å². The third-order valence-electron chi connectivity index (χ3n) is 2.33. The molecule has 1 aromatic rings. The van der Waals surface area contributed by atoms with Crippen LogP contribution in [0.2, 0.25) is 5.02 Å². The molecule has 1 atom stereocenters. The number of hydrogen-bond acceptors (Lipinski definition) is 2. The van der Waals surface area contributed by atoms with E-state index in [2.05, 4.69) is 0 Å². The van der Waals surface area contributed by atoms with Crippen molar-refractivity contribution in [1.29, 1.82) is 0 Å². The molecular weight excluding hydrogens is 238 g/mol. The number of aryl methyl sites for hydroxylation is 1. The predicted octanol–water partition coefficient (Wildman–Crippen LogP) is 2.09. The van der Waals surface area contributed by atoms with Crippen LogP contribution in [-0.2, 0) is 0 Å². The Hall–Kier alpha value is -0.770. The summed E-state index contributed by atoms with van der Waals surface area (Å²) >= 11 is 5.86. The lowest BCUT2D eigenvalue weighted by Gasteiger charge is -2.26. The highest BCUT2D eigenvalue weighted by molar-refractivity contribution is 6.30. The Kier molecular flexibility index (Phi) is 4.80. The lowest BCUT2D eigenvalue weighted by atomic mass is 10.2. The Bertz CT molecular complexity index is 374. The molecule has 0 aliphatic rings. The van der Waals surface area contributed by atoms with Crippen molar-refractivity contribution >= 4 is 11.6 Å². The van der Waals surface area contributed by atoms with Crippen molar-refractivity contribution in [2.75, 3.05) is 34.3 Å². The van der Waals surface area contributed by atoms with E-state index in [4.69, 9.17) is 16.3 Å². The summed E-state index contributed by atoms with van der Waals surface area (Å²) in [6.07, 6.45) is -0.468. The van der Waals surface area contributed by atoms with Crippen molar-refractivity contribution < 1.29 is 14.3 Å². The molecule has 1 rings (SSSR count). The van der Waals surface area contributed by atoms with Gasteiger partial charge in [-0.15, -0.1) is 0 Å². The van der Waals surface area contributed by atoms with Crippen LogP contribution in [0.3, 0.4) is 0 Å². The van der Waals surface area contributed by atoms with Crippen molar-refractivity contribution in [2.45, 2.75) is 13.0 Å². The Morgan fingerprint density at radius 1 is 1.35 bits per heavy atom. The molecule has 96 valence electrons. The molecule has 0 heterocycles. The van der Waals surface area contributed by atoms with Gasteiger partial charge in [-0.25, -0.2) is 0 Å². The fourth-order valence-electron chi connectivity index (χ4n) is 1.65. The normalized spacial score (nSPS) is 13.5. The lowest BCUT2D eigenvalue weighted by Crippen LogP contribution is -2.43. The van der Waals surface area contributed by atoms with Gasteiger partial charge in [-0.2, -0.15) is 0 Å². The first kappa shape index (κ1) is 14.3. The molecule has 0 fully saturated rings. The third kappa shape index (κ3) is 5.39. The fourth-order valence-corrected chi connectivity index (χ4v) is 1.87. The summed E-state index contributed by atoms with van der Waals surface area (Å²) in [6, 6.07) is 5.47. The highest BCUT2D eigenvalue weighted by Crippen LogP contribution is 2.21. The number of rotatable bonds is 5. The van der Waals surface area contributed by atoms with Crippen molar-refractivity contribution in [3.8, 4) is 5.75 Å². The minimum atomic E-state index is -0.468. The van der Waals surface area contributed by atoms with E-state index in [9.17, 15) is 5.11 Å². The number of halogens is 1. The SMILES string of the molecule is Cc1cc(Cl)ccc1OC[C@H](O)C[N+](C)(C)C. The minimum Gasteiger partial charge on any atom is -0.490 e. The van der Waals surface area contributed by atoms with Crippen LogP contribution in [0.25, 0.3) is 0 Å². The first-order valence-corrected chi connectivity index (χ1v) is 6.03. The molecule has 0 aromatic heterocycles. The molecule has 1 N–H and O–H groups in total. The van der Waals surface area contributed by atoms with Crippen LogP contribution < -0.4 is 4.74 Å². The van der Waals surface area contributed by atoms with Gasteiger partial charge in [0.25, 0.3) is 0 Å². The van der Waals surface area contributed by atoms with Crippen molar-refractivity contribution in [3.63, 3.8) is 0 Å². The second-order valence-electron chi connectivity index (χ2n) is 5.35. The maximum atomic E-state index is 9.82. The average molecular weight is 259 g/mol. The van der Waals surface area contributed by atoms with Gasteiger partial charge >= 0.3 is 0 Å². The van der Waals surface area contributed by atoms with E-state index in [0.29, 0.717) is 22.7 Å². The average Bonchev–Trinajstić information content (AvgIpc) is 2.13. The number of hydrogen-bond donors (Lipinski definition) is 1. The summed E-state index contributed by atoms with van der Waals surface area (Å²) in [5, 5.41) is 10.5. The number of benzene rings is 1. The Morgan fingerprint density at radius 2 is 2.00 bits per heavy atom. The van der Waals surface area contributed by atoms with E-state index in [-0.39, 0.29) is 0 Å². The maximum absolute atomic E-state index is 9.82. The number of ether oxygens (including phenoxy) is 1. The van der Waals surface area contributed by atoms with E-state index < -0.39 is 6.10 Å². The smallest absolute Gasteiger partial charge is 0.137 e. The van der Waals surface area contributed by atoms with Gasteiger partial charge in [0.15, 0.2) is 0 Å². The predicted molar refractivity (Wildman–Crippen MR) is 70.6 cm³/mol. The summed E-state index contributed by atoms with van der Waals surface area (Å²) < 4.78 is 6.29. The summed E-state index contributed by atoms with van der Waals surface area (Å²) in [5.74, 6) is 0.773. The van der Waals surface area contributed by atoms with Crippen LogP contribution in [0.5, 0.6) is 5.75 Å². The number of quaternary nitrogens is 1. The maximum Gasteiger partial charge on any atom is 0.137 e. The molecule has 0 aliphatic heterocycles. The summed E-state index contributed by atoms with van der Waals surface area (Å²) in [4.78, 5) is 0. The minimum absolute atomic E-state index is 0.304. The zero-order valence-electron chi connectivity index (χ0n) is 10.9. The molecule has 17 heavy (non-hydrogen) atoms. The van der Waals surface area contributed by atoms with Crippen molar-refractivity contribution in [1.82, 2.24) is 0 Å². The molecule has 0 radical (unpaired) electrons. The second kappa shape index (κ2) is 5.71. The van der Waals surface area contributed by atoms with Crippen LogP contribution in [0.1, 0.15) is 5.56 Å². The molecule has 0 amide bonds. The van der Waals surface area contributed by atoms with E-state index in [1.54, 1.807) is 6.07 Å². The Labute approximate surface area is 108 Å². The zero-order chi connectivity index (χ0) is 13.1. The van der Waals surface area contributed by atoms with Crippen LogP contribution in [0.4, 0.5) is 0 Å². The standard InChI is InChI=1S/C13H21ClNO2/c1-10-7-11(14)5-6-13(10)17-9-12(16)8-15(2,3)4/h5-7,12,16H,8-9H2,1-4H3/q+1/t12-/m1/s1. The molecule has 4 heteroatoms. The molecule has 0 aliphatic carbocycles. The monoisotopic (exact) mass is 258 g/mol. The molecule has 0 spiro atoms. The lowest BCUT2D eigenvalue weighted by molar-refractivity contribution is -0.873. The van der Waals surface area contributed by atoms with Crippen LogP contribution >= 0.6 is 11.6 Å². The third-order valence-corrected chi connectivity index (χ3v) is 2.56. The van der Waals surface area contributed by atoms with Gasteiger partial charge in [-0.05, 0) is 30.7 Å². The van der Waals surface area contributed by atoms with Gasteiger partial charge in [0, 0.05) is 5.02 Å². The van der Waals surface area contributed by atoms with Crippen LogP contribution in [0.15, 0.2) is 18.2 Å². The first-order valence-electron chi connectivity index (χ1n) is 5.65. The van der Waals surface area contributed by atoms with Crippen molar-refractivity contribution in [3.05, 3.63) is 28.8 Å². The molecular formula is C13H21ClNO2+. The zero-order valence-corrected chi connectivity index (χ0v) is 11.7. The number of aliphatic hydroxyl groups excluding tert-OH is 1. The van der Waals surface area contributed by atoms with Crippen LogP contribution in [0, 0.1) is 6.92 Å². The van der Waals surface area contributed by atoms with E-state index >= 15 is 0 Å². The summed E-state index contributed by atoms with van der Waals surface area (Å²) in [5.41, 5.74) is 0.981. The number of nitrogens with zero attached hydrogens (tertiary/aromatic N) is 1. The molecule has 0 saturated heterocycles. The quantitative estimate of drug-likeness (QED) is 0.820. The van der Waals surface area contributed by atoms with Gasteiger partial charge in [0.2, 0.25) is 0 Å². The molecule has 0 unspecified atom stereocenters. The van der Waals surface area contributed by atoms with E-state index in [1.165, 1.54) is 0 Å². The molecule has 1 aromatic carbocycles. The Balaban J connectivity index is 2.50. The topological polar surface area (TPSA) is 29.5 Å². The van der Waals surface area contributed by atoms with Gasteiger partial charge in [-0.1, -0.05) is 11.6 Å². The summed E-state index contributed by atoms with van der Waals surface area (Å²) in [6.45, 7) is 2.90. The number of likely N-dealkylation sites (N-methyl/N-ethyl adjacent to an activating group) is 1.